The van der Waals surface area contributed by atoms with Gasteiger partial charge >= 0.3 is 0 Å². The number of hydrogen-bond donors (Lipinski definition) is 1. The molecule has 198 valence electrons. The predicted octanol–water partition coefficient (Wildman–Crippen LogP) is 4.84. The van der Waals surface area contributed by atoms with Crippen molar-refractivity contribution in [1.82, 2.24) is 10.2 Å². The highest BCUT2D eigenvalue weighted by Crippen LogP contribution is 2.25. The van der Waals surface area contributed by atoms with Crippen LogP contribution in [0.15, 0.2) is 42.5 Å². The van der Waals surface area contributed by atoms with Crippen LogP contribution >= 0.6 is 11.6 Å². The standard InChI is InChI=1S/C27H38ClN3O4S/c1-19-14-15-20(2)24(17-19)31(36(7,34)35)16-10-13-25(32)30(18-22-11-8-9-12-23(22)28)21(3)26(33)29-27(4,5)6/h8-9,11-12,14-15,17,21H,10,13,16,18H2,1-7H3,(H,29,33)/t21-/m1/s1. The monoisotopic (exact) mass is 535 g/mol. The van der Waals surface area contributed by atoms with Gasteiger partial charge in [-0.3, -0.25) is 13.9 Å². The van der Waals surface area contributed by atoms with Gasteiger partial charge in [0.1, 0.15) is 6.04 Å². The number of amides is 2. The third-order valence-electron chi connectivity index (χ3n) is 5.75. The van der Waals surface area contributed by atoms with Gasteiger partial charge in [0.05, 0.1) is 11.9 Å². The number of carbonyl (C=O) groups excluding carboxylic acids is 2. The molecule has 1 N–H and O–H groups in total. The van der Waals surface area contributed by atoms with E-state index in [1.54, 1.807) is 19.1 Å². The number of sulfonamides is 1. The second-order valence-corrected chi connectivity index (χ2v) is 12.6. The average Bonchev–Trinajstić information content (AvgIpc) is 2.75. The first-order chi connectivity index (χ1) is 16.6. The lowest BCUT2D eigenvalue weighted by atomic mass is 10.1. The summed E-state index contributed by atoms with van der Waals surface area (Å²) in [6.07, 6.45) is 1.54. The van der Waals surface area contributed by atoms with Crippen molar-refractivity contribution in [2.45, 2.75) is 72.5 Å². The van der Waals surface area contributed by atoms with Crippen LogP contribution in [-0.4, -0.2) is 49.5 Å². The molecule has 0 fully saturated rings. The Kier molecular flexibility index (Phi) is 9.97. The molecule has 0 aliphatic heterocycles. The van der Waals surface area contributed by atoms with Crippen LogP contribution in [-0.2, 0) is 26.2 Å². The van der Waals surface area contributed by atoms with Crippen LogP contribution in [0.1, 0.15) is 57.2 Å². The Morgan fingerprint density at radius 1 is 1.08 bits per heavy atom. The smallest absolute Gasteiger partial charge is 0.242 e. The minimum atomic E-state index is -3.55. The van der Waals surface area contributed by atoms with Crippen LogP contribution in [0.4, 0.5) is 5.69 Å². The lowest BCUT2D eigenvalue weighted by molar-refractivity contribution is -0.141. The second-order valence-electron chi connectivity index (χ2n) is 10.3. The van der Waals surface area contributed by atoms with Gasteiger partial charge in [-0.25, -0.2) is 8.42 Å². The van der Waals surface area contributed by atoms with E-state index < -0.39 is 21.6 Å². The zero-order chi connectivity index (χ0) is 27.3. The zero-order valence-corrected chi connectivity index (χ0v) is 23.8. The van der Waals surface area contributed by atoms with Crippen molar-refractivity contribution < 1.29 is 18.0 Å². The van der Waals surface area contributed by atoms with Crippen molar-refractivity contribution in [2.75, 3.05) is 17.1 Å². The summed E-state index contributed by atoms with van der Waals surface area (Å²) in [4.78, 5) is 27.8. The maximum Gasteiger partial charge on any atom is 0.242 e. The molecule has 7 nitrogen and oxygen atoms in total. The number of benzene rings is 2. The molecule has 0 heterocycles. The summed E-state index contributed by atoms with van der Waals surface area (Å²) in [7, 11) is -3.55. The van der Waals surface area contributed by atoms with Crippen LogP contribution in [0, 0.1) is 13.8 Å². The number of carbonyl (C=O) groups is 2. The summed E-state index contributed by atoms with van der Waals surface area (Å²) < 4.78 is 26.5. The predicted molar refractivity (Wildman–Crippen MR) is 147 cm³/mol. The molecule has 0 spiro atoms. The topological polar surface area (TPSA) is 86.8 Å². The molecule has 0 unspecified atom stereocenters. The Bertz CT molecular complexity index is 1190. The minimum absolute atomic E-state index is 0.0779. The number of halogens is 1. The first-order valence-corrected chi connectivity index (χ1v) is 14.2. The Morgan fingerprint density at radius 3 is 2.31 bits per heavy atom. The van der Waals surface area contributed by atoms with E-state index in [0.717, 1.165) is 16.7 Å². The lowest BCUT2D eigenvalue weighted by Gasteiger charge is -2.32. The molecule has 0 aliphatic carbocycles. The van der Waals surface area contributed by atoms with Gasteiger partial charge in [0.2, 0.25) is 21.8 Å². The molecule has 36 heavy (non-hydrogen) atoms. The van der Waals surface area contributed by atoms with Crippen molar-refractivity contribution in [2.24, 2.45) is 0 Å². The summed E-state index contributed by atoms with van der Waals surface area (Å²) in [5.41, 5.74) is 2.67. The third kappa shape index (κ3) is 8.52. The summed E-state index contributed by atoms with van der Waals surface area (Å²) >= 11 is 6.34. The molecule has 0 aromatic heterocycles. The van der Waals surface area contributed by atoms with Crippen molar-refractivity contribution in [1.29, 1.82) is 0 Å². The maximum atomic E-state index is 13.4. The quantitative estimate of drug-likeness (QED) is 0.472. The molecule has 0 radical (unpaired) electrons. The summed E-state index contributed by atoms with van der Waals surface area (Å²) in [6.45, 7) is 11.4. The third-order valence-corrected chi connectivity index (χ3v) is 7.30. The molecule has 2 rings (SSSR count). The van der Waals surface area contributed by atoms with E-state index in [4.69, 9.17) is 11.6 Å². The van der Waals surface area contributed by atoms with Crippen molar-refractivity contribution in [3.05, 3.63) is 64.2 Å². The number of anilines is 1. The highest BCUT2D eigenvalue weighted by molar-refractivity contribution is 7.92. The SMILES string of the molecule is Cc1ccc(C)c(N(CCCC(=O)N(Cc2ccccc2Cl)[C@H](C)C(=O)NC(C)(C)C)S(C)(=O)=O)c1. The van der Waals surface area contributed by atoms with Gasteiger partial charge in [-0.1, -0.05) is 41.9 Å². The number of aryl methyl sites for hydroxylation is 2. The van der Waals surface area contributed by atoms with E-state index >= 15 is 0 Å². The van der Waals surface area contributed by atoms with Gasteiger partial charge < -0.3 is 10.2 Å². The minimum Gasteiger partial charge on any atom is -0.350 e. The summed E-state index contributed by atoms with van der Waals surface area (Å²) in [5, 5.41) is 3.44. The van der Waals surface area contributed by atoms with Gasteiger partial charge in [0.15, 0.2) is 0 Å². The fourth-order valence-corrected chi connectivity index (χ4v) is 5.05. The first-order valence-electron chi connectivity index (χ1n) is 12.0. The van der Waals surface area contributed by atoms with Crippen molar-refractivity contribution in [3.63, 3.8) is 0 Å². The van der Waals surface area contributed by atoms with Crippen LogP contribution in [0.2, 0.25) is 5.02 Å². The zero-order valence-electron chi connectivity index (χ0n) is 22.3. The highest BCUT2D eigenvalue weighted by Gasteiger charge is 2.29. The number of rotatable bonds is 10. The number of nitrogens with zero attached hydrogens (tertiary/aromatic N) is 2. The van der Waals surface area contributed by atoms with Gasteiger partial charge in [-0.15, -0.1) is 0 Å². The van der Waals surface area contributed by atoms with E-state index in [-0.39, 0.29) is 31.3 Å². The molecule has 9 heteroatoms. The molecule has 1 atom stereocenters. The fourth-order valence-electron chi connectivity index (χ4n) is 3.84. The van der Waals surface area contributed by atoms with Crippen molar-refractivity contribution in [3.8, 4) is 0 Å². The maximum absolute atomic E-state index is 13.4. The van der Waals surface area contributed by atoms with Gasteiger partial charge in [-0.2, -0.15) is 0 Å². The van der Waals surface area contributed by atoms with E-state index in [1.807, 2.05) is 65.0 Å². The van der Waals surface area contributed by atoms with E-state index in [9.17, 15) is 18.0 Å². The molecular formula is C27H38ClN3O4S. The van der Waals surface area contributed by atoms with E-state index in [2.05, 4.69) is 5.32 Å². The molecule has 0 saturated carbocycles. The van der Waals surface area contributed by atoms with Gasteiger partial charge in [0.25, 0.3) is 0 Å². The average molecular weight is 536 g/mol. The number of nitrogens with one attached hydrogen (secondary N) is 1. The number of hydrogen-bond acceptors (Lipinski definition) is 4. The molecule has 0 saturated heterocycles. The fraction of sp³-hybridized carbons (Fsp3) is 0.481. The highest BCUT2D eigenvalue weighted by atomic mass is 35.5. The van der Waals surface area contributed by atoms with Gasteiger partial charge in [0, 0.05) is 30.1 Å². The Labute approximate surface area is 220 Å². The van der Waals surface area contributed by atoms with E-state index in [1.165, 1.54) is 15.5 Å². The largest absolute Gasteiger partial charge is 0.350 e. The van der Waals surface area contributed by atoms with E-state index in [0.29, 0.717) is 17.1 Å². The first kappa shape index (κ1) is 29.6. The Balaban J connectivity index is 2.24. The molecule has 0 aliphatic rings. The van der Waals surface area contributed by atoms with Crippen LogP contribution in [0.5, 0.6) is 0 Å². The van der Waals surface area contributed by atoms with Crippen molar-refractivity contribution >= 4 is 39.1 Å². The molecule has 2 aromatic rings. The van der Waals surface area contributed by atoms with Crippen LogP contribution in [0.3, 0.4) is 0 Å². The molecule has 2 amide bonds. The molecular weight excluding hydrogens is 498 g/mol. The van der Waals surface area contributed by atoms with Gasteiger partial charge in [-0.05, 0) is 76.8 Å². The molecule has 2 aromatic carbocycles. The lowest BCUT2D eigenvalue weighted by Crippen LogP contribution is -2.52. The van der Waals surface area contributed by atoms with Crippen LogP contribution in [0.25, 0.3) is 0 Å². The molecule has 0 bridgehead atoms. The summed E-state index contributed by atoms with van der Waals surface area (Å²) in [6, 6.07) is 12.1. The van der Waals surface area contributed by atoms with Crippen LogP contribution < -0.4 is 9.62 Å². The Hall–Kier alpha value is -2.58. The summed E-state index contributed by atoms with van der Waals surface area (Å²) in [5.74, 6) is -0.517. The second kappa shape index (κ2) is 12.1. The Morgan fingerprint density at radius 2 is 1.72 bits per heavy atom. The normalized spacial score (nSPS) is 12.7.